The third kappa shape index (κ3) is 3.79. The van der Waals surface area contributed by atoms with E-state index in [1.165, 1.54) is 11.3 Å². The molecule has 0 aliphatic rings. The quantitative estimate of drug-likeness (QED) is 0.551. The zero-order chi connectivity index (χ0) is 15.2. The Kier molecular flexibility index (Phi) is 5.68. The van der Waals surface area contributed by atoms with Crippen LogP contribution in [0, 0.1) is 15.3 Å². The number of nitriles is 1. The second-order valence-corrected chi connectivity index (χ2v) is 6.41. The lowest BCUT2D eigenvalue weighted by atomic mass is 10.2. The normalized spacial score (nSPS) is 11.4. The summed E-state index contributed by atoms with van der Waals surface area (Å²) in [6, 6.07) is 11.6. The molecule has 0 bridgehead atoms. The number of hydrogen-bond donors (Lipinski definition) is 0. The van der Waals surface area contributed by atoms with E-state index in [-0.39, 0.29) is 0 Å². The van der Waals surface area contributed by atoms with Crippen LogP contribution in [0.25, 0.3) is 0 Å². The Morgan fingerprint density at radius 2 is 2.14 bits per heavy atom. The summed E-state index contributed by atoms with van der Waals surface area (Å²) in [6.07, 6.45) is 2.04. The lowest BCUT2D eigenvalue weighted by Gasteiger charge is -2.05. The predicted molar refractivity (Wildman–Crippen MR) is 91.3 cm³/mol. The van der Waals surface area contributed by atoms with E-state index in [4.69, 9.17) is 23.8 Å². The van der Waals surface area contributed by atoms with Crippen LogP contribution in [0.4, 0.5) is 5.82 Å². The summed E-state index contributed by atoms with van der Waals surface area (Å²) in [5.74, 6) is 0.565. The summed E-state index contributed by atoms with van der Waals surface area (Å²) in [6.45, 7) is 2.87. The lowest BCUT2D eigenvalue weighted by Crippen LogP contribution is -1.99. The van der Waals surface area contributed by atoms with Crippen LogP contribution in [-0.4, -0.2) is 9.74 Å². The fourth-order valence-electron chi connectivity index (χ4n) is 1.83. The van der Waals surface area contributed by atoms with Gasteiger partial charge in [-0.15, -0.1) is 0 Å². The van der Waals surface area contributed by atoms with Crippen molar-refractivity contribution in [3.8, 4) is 6.07 Å². The van der Waals surface area contributed by atoms with Crippen LogP contribution in [0.15, 0.2) is 35.3 Å². The average molecular weight is 336 g/mol. The van der Waals surface area contributed by atoms with Crippen molar-refractivity contribution < 1.29 is 0 Å². The first-order valence-corrected chi connectivity index (χ1v) is 8.21. The maximum Gasteiger partial charge on any atom is 0.164 e. The summed E-state index contributed by atoms with van der Waals surface area (Å²) in [5, 5.41) is 9.62. The van der Waals surface area contributed by atoms with Gasteiger partial charge in [0.2, 0.25) is 0 Å². The second-order valence-electron chi connectivity index (χ2n) is 4.41. The van der Waals surface area contributed by atoms with Crippen molar-refractivity contribution >= 4 is 46.1 Å². The summed E-state index contributed by atoms with van der Waals surface area (Å²) in [5.41, 5.74) is 0.821. The minimum atomic E-state index is 0.366. The van der Waals surface area contributed by atoms with E-state index in [2.05, 4.69) is 18.0 Å². The van der Waals surface area contributed by atoms with Crippen molar-refractivity contribution in [3.63, 3.8) is 0 Å². The first-order valence-electron chi connectivity index (χ1n) is 6.60. The van der Waals surface area contributed by atoms with Gasteiger partial charge in [0, 0.05) is 12.1 Å². The molecule has 0 radical (unpaired) electrons. The molecule has 1 heterocycles. The molecule has 0 amide bonds. The summed E-state index contributed by atoms with van der Waals surface area (Å²) in [4.78, 5) is 4.94. The van der Waals surface area contributed by atoms with Gasteiger partial charge in [-0.1, -0.05) is 66.6 Å². The Labute approximate surface area is 138 Å². The predicted octanol–water partition coefficient (Wildman–Crippen LogP) is 5.27. The van der Waals surface area contributed by atoms with Crippen LogP contribution in [0.2, 0.25) is 0 Å². The molecule has 0 N–H and O–H groups in total. The first-order chi connectivity index (χ1) is 10.2. The molecule has 0 spiro atoms. The highest BCUT2D eigenvalue weighted by Gasteiger charge is 2.13. The SMILES string of the molecule is CCCCn1c(N=C(Cl)c2ccccc2)c(C#N)sc1=S. The molecule has 2 rings (SSSR count). The summed E-state index contributed by atoms with van der Waals surface area (Å²) >= 11 is 12.9. The molecule has 1 aromatic heterocycles. The zero-order valence-electron chi connectivity index (χ0n) is 11.5. The van der Waals surface area contributed by atoms with E-state index in [1.807, 2.05) is 34.9 Å². The molecule has 0 fully saturated rings. The van der Waals surface area contributed by atoms with Crippen LogP contribution < -0.4 is 0 Å². The number of hydrogen-bond acceptors (Lipinski definition) is 4. The fraction of sp³-hybridized carbons (Fsp3) is 0.267. The molecule has 0 aliphatic heterocycles. The van der Waals surface area contributed by atoms with Crippen LogP contribution in [0.1, 0.15) is 30.2 Å². The summed E-state index contributed by atoms with van der Waals surface area (Å²) in [7, 11) is 0. The van der Waals surface area contributed by atoms with E-state index in [9.17, 15) is 5.26 Å². The van der Waals surface area contributed by atoms with E-state index < -0.39 is 0 Å². The molecular formula is C15H14ClN3S2. The van der Waals surface area contributed by atoms with Gasteiger partial charge in [-0.2, -0.15) is 5.26 Å². The smallest absolute Gasteiger partial charge is 0.164 e. The van der Waals surface area contributed by atoms with Gasteiger partial charge < -0.3 is 4.57 Å². The molecule has 1 aromatic carbocycles. The maximum absolute atomic E-state index is 9.25. The molecule has 108 valence electrons. The second kappa shape index (κ2) is 7.51. The molecule has 0 atom stereocenters. The van der Waals surface area contributed by atoms with Crippen LogP contribution >= 0.6 is 35.2 Å². The van der Waals surface area contributed by atoms with E-state index in [1.54, 1.807) is 0 Å². The van der Waals surface area contributed by atoms with Gasteiger partial charge in [-0.3, -0.25) is 0 Å². The van der Waals surface area contributed by atoms with Crippen LogP contribution in [-0.2, 0) is 6.54 Å². The van der Waals surface area contributed by atoms with E-state index in [0.717, 1.165) is 24.9 Å². The minimum Gasteiger partial charge on any atom is -0.307 e. The molecule has 0 saturated heterocycles. The van der Waals surface area contributed by atoms with Gasteiger partial charge in [0.15, 0.2) is 14.6 Å². The zero-order valence-corrected chi connectivity index (χ0v) is 13.9. The van der Waals surface area contributed by atoms with Crippen molar-refractivity contribution in [2.75, 3.05) is 0 Å². The van der Waals surface area contributed by atoms with Crippen molar-refractivity contribution in [1.29, 1.82) is 5.26 Å². The standard InChI is InChI=1S/C15H14ClN3S2/c1-2-3-9-19-14(12(10-17)21-15(19)20)18-13(16)11-7-5-4-6-8-11/h4-8H,2-3,9H2,1H3. The molecule has 0 aliphatic carbocycles. The van der Waals surface area contributed by atoms with Gasteiger partial charge in [0.05, 0.1) is 0 Å². The van der Waals surface area contributed by atoms with E-state index in [0.29, 0.717) is 19.8 Å². The lowest BCUT2D eigenvalue weighted by molar-refractivity contribution is 0.635. The molecule has 6 heteroatoms. The van der Waals surface area contributed by atoms with E-state index >= 15 is 0 Å². The van der Waals surface area contributed by atoms with Crippen molar-refractivity contribution in [1.82, 2.24) is 4.57 Å². The maximum atomic E-state index is 9.25. The molecule has 0 unspecified atom stereocenters. The van der Waals surface area contributed by atoms with Gasteiger partial charge in [0.1, 0.15) is 11.2 Å². The Bertz CT molecular complexity index is 739. The van der Waals surface area contributed by atoms with Crippen molar-refractivity contribution in [3.05, 3.63) is 44.7 Å². The van der Waals surface area contributed by atoms with Crippen LogP contribution in [0.5, 0.6) is 0 Å². The number of halogens is 1. The van der Waals surface area contributed by atoms with Gasteiger partial charge in [-0.05, 0) is 18.6 Å². The molecular weight excluding hydrogens is 322 g/mol. The highest BCUT2D eigenvalue weighted by Crippen LogP contribution is 2.28. The number of unbranched alkanes of at least 4 members (excludes halogenated alkanes) is 1. The number of aliphatic imine (C=N–C) groups is 1. The number of rotatable bonds is 5. The van der Waals surface area contributed by atoms with Crippen molar-refractivity contribution in [2.24, 2.45) is 4.99 Å². The largest absolute Gasteiger partial charge is 0.307 e. The number of nitrogens with zero attached hydrogens (tertiary/aromatic N) is 3. The molecule has 3 nitrogen and oxygen atoms in total. The Morgan fingerprint density at radius 3 is 2.76 bits per heavy atom. The monoisotopic (exact) mass is 335 g/mol. The van der Waals surface area contributed by atoms with Gasteiger partial charge in [0.25, 0.3) is 0 Å². The number of benzene rings is 1. The first kappa shape index (κ1) is 15.9. The van der Waals surface area contributed by atoms with Gasteiger partial charge >= 0.3 is 0 Å². The highest BCUT2D eigenvalue weighted by atomic mass is 35.5. The highest BCUT2D eigenvalue weighted by molar-refractivity contribution is 7.73. The van der Waals surface area contributed by atoms with Crippen molar-refractivity contribution in [2.45, 2.75) is 26.3 Å². The number of aromatic nitrogens is 1. The Hall–Kier alpha value is -1.48. The fourth-order valence-corrected chi connectivity index (χ4v) is 3.22. The third-order valence-electron chi connectivity index (χ3n) is 2.92. The molecule has 2 aromatic rings. The Morgan fingerprint density at radius 1 is 1.43 bits per heavy atom. The van der Waals surface area contributed by atoms with Gasteiger partial charge in [-0.25, -0.2) is 4.99 Å². The number of thiazole rings is 1. The third-order valence-corrected chi connectivity index (χ3v) is 4.57. The summed E-state index contributed by atoms with van der Waals surface area (Å²) < 4.78 is 2.56. The van der Waals surface area contributed by atoms with Crippen LogP contribution in [0.3, 0.4) is 0 Å². The molecule has 21 heavy (non-hydrogen) atoms. The molecule has 0 saturated carbocycles. The topological polar surface area (TPSA) is 41.1 Å². The Balaban J connectivity index is 2.47. The minimum absolute atomic E-state index is 0.366. The average Bonchev–Trinajstić information content (AvgIpc) is 2.81.